The van der Waals surface area contributed by atoms with Crippen LogP contribution in [0.5, 0.6) is 0 Å². The summed E-state index contributed by atoms with van der Waals surface area (Å²) in [4.78, 5) is 0. The molecule has 42 heavy (non-hydrogen) atoms. The Labute approximate surface area is 250 Å². The monoisotopic (exact) mass is 550 g/mol. The third-order valence-corrected chi connectivity index (χ3v) is 9.11. The molecule has 1 aliphatic heterocycles. The molecule has 0 bridgehead atoms. The van der Waals surface area contributed by atoms with Crippen LogP contribution >= 0.6 is 0 Å². The summed E-state index contributed by atoms with van der Waals surface area (Å²) in [7, 11) is -0.382. The van der Waals surface area contributed by atoms with Gasteiger partial charge in [0.05, 0.1) is 11.2 Å². The second kappa shape index (κ2) is 10.7. The first-order valence-electron chi connectivity index (χ1n) is 14.9. The lowest BCUT2D eigenvalue weighted by Gasteiger charge is -2.32. The van der Waals surface area contributed by atoms with Gasteiger partial charge in [-0.2, -0.15) is 0 Å². The van der Waals surface area contributed by atoms with Crippen LogP contribution in [0.4, 0.5) is 0 Å². The van der Waals surface area contributed by atoms with Crippen molar-refractivity contribution in [3.8, 4) is 11.1 Å². The second-order valence-corrected chi connectivity index (χ2v) is 12.6. The molecule has 0 spiro atoms. The quantitative estimate of drug-likeness (QED) is 0.158. The van der Waals surface area contributed by atoms with Crippen molar-refractivity contribution in [1.29, 1.82) is 0 Å². The molecule has 0 amide bonds. The summed E-state index contributed by atoms with van der Waals surface area (Å²) in [6.07, 6.45) is 0. The molecular weight excluding hydrogens is 511 g/mol. The molecule has 0 aliphatic carbocycles. The molecule has 0 aromatic heterocycles. The van der Waals surface area contributed by atoms with Crippen molar-refractivity contribution in [3.63, 3.8) is 0 Å². The smallest absolute Gasteiger partial charge is 0.399 e. The lowest BCUT2D eigenvalue weighted by molar-refractivity contribution is 0.00578. The van der Waals surface area contributed by atoms with Gasteiger partial charge in [-0.1, -0.05) is 115 Å². The Hall–Kier alpha value is -3.92. The van der Waals surface area contributed by atoms with Gasteiger partial charge in [-0.15, -0.1) is 0 Å². The molecule has 3 heteroatoms. The molecule has 1 aliphatic rings. The minimum Gasteiger partial charge on any atom is -0.399 e. The Bertz CT molecular complexity index is 1900. The number of aryl methyl sites for hydroxylation is 3. The van der Waals surface area contributed by atoms with Crippen LogP contribution in [0.2, 0.25) is 0 Å². The molecule has 210 valence electrons. The van der Waals surface area contributed by atoms with Gasteiger partial charge in [0.15, 0.2) is 0 Å². The first kappa shape index (κ1) is 28.2. The third-order valence-electron chi connectivity index (χ3n) is 9.11. The van der Waals surface area contributed by atoms with Crippen molar-refractivity contribution >= 4 is 44.9 Å². The van der Waals surface area contributed by atoms with Crippen molar-refractivity contribution in [2.45, 2.75) is 59.7 Å². The van der Waals surface area contributed by atoms with Crippen molar-refractivity contribution in [1.82, 2.24) is 0 Å². The van der Waals surface area contributed by atoms with Gasteiger partial charge in [-0.05, 0) is 109 Å². The van der Waals surface area contributed by atoms with Crippen LogP contribution in [-0.2, 0) is 9.31 Å². The van der Waals surface area contributed by atoms with Crippen LogP contribution < -0.4 is 5.46 Å². The number of benzene rings is 6. The maximum Gasteiger partial charge on any atom is 0.494 e. The van der Waals surface area contributed by atoms with E-state index in [1.54, 1.807) is 0 Å². The van der Waals surface area contributed by atoms with Gasteiger partial charge < -0.3 is 9.31 Å². The van der Waals surface area contributed by atoms with E-state index in [2.05, 4.69) is 139 Å². The zero-order valence-corrected chi connectivity index (χ0v) is 25.8. The highest BCUT2D eigenvalue weighted by Crippen LogP contribution is 2.43. The van der Waals surface area contributed by atoms with Gasteiger partial charge >= 0.3 is 7.12 Å². The van der Waals surface area contributed by atoms with Gasteiger partial charge in [-0.3, -0.25) is 0 Å². The minimum atomic E-state index is -0.382. The Morgan fingerprint density at radius 3 is 1.67 bits per heavy atom. The van der Waals surface area contributed by atoms with E-state index >= 15 is 0 Å². The summed E-state index contributed by atoms with van der Waals surface area (Å²) in [5.74, 6) is 0. The van der Waals surface area contributed by atoms with Gasteiger partial charge in [0, 0.05) is 0 Å². The van der Waals surface area contributed by atoms with Gasteiger partial charge in [-0.25, -0.2) is 0 Å². The summed E-state index contributed by atoms with van der Waals surface area (Å²) >= 11 is 0. The molecule has 0 atom stereocenters. The third kappa shape index (κ3) is 4.91. The number of rotatable bonds is 2. The Balaban J connectivity index is 0.000000397. The first-order valence-corrected chi connectivity index (χ1v) is 14.9. The van der Waals surface area contributed by atoms with Crippen molar-refractivity contribution in [2.75, 3.05) is 0 Å². The summed E-state index contributed by atoms with van der Waals surface area (Å²) in [6, 6.07) is 39.0. The fraction of sp³-hybridized carbons (Fsp3) is 0.231. The molecule has 6 aromatic rings. The molecule has 1 saturated heterocycles. The Morgan fingerprint density at radius 2 is 1.05 bits per heavy atom. The molecule has 0 saturated carbocycles. The fourth-order valence-corrected chi connectivity index (χ4v) is 6.03. The topological polar surface area (TPSA) is 18.5 Å². The maximum absolute atomic E-state index is 6.40. The average molecular weight is 551 g/mol. The average Bonchev–Trinajstić information content (AvgIpc) is 3.20. The highest BCUT2D eigenvalue weighted by molar-refractivity contribution is 6.62. The van der Waals surface area contributed by atoms with Crippen molar-refractivity contribution in [3.05, 3.63) is 126 Å². The first-order chi connectivity index (χ1) is 20.1. The normalized spacial score (nSPS) is 15.6. The van der Waals surface area contributed by atoms with E-state index < -0.39 is 0 Å². The predicted molar refractivity (Wildman–Crippen MR) is 181 cm³/mol. The molecule has 6 aromatic carbocycles. The molecule has 2 nitrogen and oxygen atoms in total. The molecule has 0 radical (unpaired) electrons. The molecule has 1 fully saturated rings. The molecular formula is C39H39BO2. The van der Waals surface area contributed by atoms with E-state index in [-0.39, 0.29) is 18.3 Å². The zero-order chi connectivity index (χ0) is 29.6. The van der Waals surface area contributed by atoms with Gasteiger partial charge in [0.1, 0.15) is 0 Å². The van der Waals surface area contributed by atoms with Crippen LogP contribution in [0.3, 0.4) is 0 Å². The SMILES string of the molecule is Cc1ccccc1.Cc1ccccc1-c1c(C)ccc2c3ccccc3c3cc(B4OC(C)(C)C(C)(C)O4)ccc3c12. The van der Waals surface area contributed by atoms with E-state index in [9.17, 15) is 0 Å². The van der Waals surface area contributed by atoms with Crippen LogP contribution in [0.25, 0.3) is 43.4 Å². The Kier molecular flexibility index (Phi) is 7.21. The van der Waals surface area contributed by atoms with E-state index in [4.69, 9.17) is 9.31 Å². The summed E-state index contributed by atoms with van der Waals surface area (Å²) in [6.45, 7) is 14.9. The molecule has 1 heterocycles. The number of fused-ring (bicyclic) bond motifs is 6. The molecule has 0 unspecified atom stereocenters. The molecule has 0 N–H and O–H groups in total. The fourth-order valence-electron chi connectivity index (χ4n) is 6.03. The van der Waals surface area contributed by atoms with E-state index in [0.717, 1.165) is 5.46 Å². The Morgan fingerprint density at radius 1 is 0.500 bits per heavy atom. The predicted octanol–water partition coefficient (Wildman–Crippen LogP) is 9.72. The standard InChI is InChI=1S/C32H31BO2.C7H8/c1-20-11-7-8-12-23(20)29-21(2)15-17-26-24-13-9-10-14-25(24)28-19-22(16-18-27(28)30(26)29)33-34-31(3,4)32(5,6)35-33;1-7-5-3-2-4-6-7/h7-19H,1-6H3;2-6H,1H3. The van der Waals surface area contributed by atoms with E-state index in [0.29, 0.717) is 0 Å². The number of hydrogen-bond acceptors (Lipinski definition) is 2. The summed E-state index contributed by atoms with van der Waals surface area (Å²) < 4.78 is 12.8. The highest BCUT2D eigenvalue weighted by Gasteiger charge is 2.51. The van der Waals surface area contributed by atoms with Crippen LogP contribution in [-0.4, -0.2) is 18.3 Å². The van der Waals surface area contributed by atoms with Gasteiger partial charge in [0.25, 0.3) is 0 Å². The highest BCUT2D eigenvalue weighted by atomic mass is 16.7. The number of hydrogen-bond donors (Lipinski definition) is 0. The largest absolute Gasteiger partial charge is 0.494 e. The zero-order valence-electron chi connectivity index (χ0n) is 25.8. The summed E-state index contributed by atoms with van der Waals surface area (Å²) in [5.41, 5.74) is 6.84. The molecule has 7 rings (SSSR count). The maximum atomic E-state index is 6.40. The van der Waals surface area contributed by atoms with E-state index in [1.807, 2.05) is 18.2 Å². The van der Waals surface area contributed by atoms with Crippen LogP contribution in [0.15, 0.2) is 109 Å². The lowest BCUT2D eigenvalue weighted by atomic mass is 9.77. The van der Waals surface area contributed by atoms with Crippen molar-refractivity contribution in [2.24, 2.45) is 0 Å². The minimum absolute atomic E-state index is 0.368. The van der Waals surface area contributed by atoms with Crippen LogP contribution in [0, 0.1) is 20.8 Å². The van der Waals surface area contributed by atoms with Gasteiger partial charge in [0.2, 0.25) is 0 Å². The second-order valence-electron chi connectivity index (χ2n) is 12.6. The van der Waals surface area contributed by atoms with Crippen LogP contribution in [0.1, 0.15) is 44.4 Å². The van der Waals surface area contributed by atoms with E-state index in [1.165, 1.54) is 60.1 Å². The summed E-state index contributed by atoms with van der Waals surface area (Å²) in [5, 5.41) is 7.64. The van der Waals surface area contributed by atoms with Crippen molar-refractivity contribution < 1.29 is 9.31 Å². The lowest BCUT2D eigenvalue weighted by Crippen LogP contribution is -2.41.